The number of Topliss-reactive ketones (excluding diaryl/α,β-unsaturated/α-hetero) is 1. The number of halogens is 1. The molecule has 2 aliphatic heterocycles. The van der Waals surface area contributed by atoms with Gasteiger partial charge in [-0.25, -0.2) is 9.37 Å². The second-order valence-corrected chi connectivity index (χ2v) is 8.40. The highest BCUT2D eigenvalue weighted by Gasteiger charge is 2.47. The van der Waals surface area contributed by atoms with Crippen LogP contribution in [0.1, 0.15) is 43.0 Å². The quantitative estimate of drug-likeness (QED) is 0.543. The van der Waals surface area contributed by atoms with Crippen molar-refractivity contribution >= 4 is 16.8 Å². The molecule has 5 nitrogen and oxygen atoms in total. The first-order valence-corrected chi connectivity index (χ1v) is 10.7. The summed E-state index contributed by atoms with van der Waals surface area (Å²) in [4.78, 5) is 19.0. The van der Waals surface area contributed by atoms with E-state index < -0.39 is 0 Å². The van der Waals surface area contributed by atoms with E-state index in [2.05, 4.69) is 14.5 Å². The molecule has 3 aromatic rings. The molecule has 0 aliphatic carbocycles. The Bertz CT molecular complexity index is 1060. The molecule has 0 spiro atoms. The van der Waals surface area contributed by atoms with Crippen molar-refractivity contribution in [1.82, 2.24) is 14.5 Å². The Labute approximate surface area is 175 Å². The summed E-state index contributed by atoms with van der Waals surface area (Å²) in [7, 11) is 0. The monoisotopic (exact) mass is 407 g/mol. The highest BCUT2D eigenvalue weighted by atomic mass is 19.1. The summed E-state index contributed by atoms with van der Waals surface area (Å²) in [6, 6.07) is 11.1. The SMILES string of the molecule is CC(=O)c1cn(CCCN2C3CCC2C(Oc2ccc(F)cc2)C3)c2ncccc12. The summed E-state index contributed by atoms with van der Waals surface area (Å²) in [5.41, 5.74) is 1.62. The molecule has 0 amide bonds. The Morgan fingerprint density at radius 3 is 2.83 bits per heavy atom. The number of aryl methyl sites for hydroxylation is 1. The zero-order chi connectivity index (χ0) is 20.7. The van der Waals surface area contributed by atoms with Crippen molar-refractivity contribution in [2.45, 2.75) is 57.3 Å². The van der Waals surface area contributed by atoms with Crippen LogP contribution in [0.15, 0.2) is 48.8 Å². The van der Waals surface area contributed by atoms with Gasteiger partial charge >= 0.3 is 0 Å². The van der Waals surface area contributed by atoms with Gasteiger partial charge in [0.05, 0.1) is 0 Å². The van der Waals surface area contributed by atoms with Crippen molar-refractivity contribution in [1.29, 1.82) is 0 Å². The average Bonchev–Trinajstić information content (AvgIpc) is 3.41. The van der Waals surface area contributed by atoms with Crippen LogP contribution < -0.4 is 4.74 Å². The van der Waals surface area contributed by atoms with E-state index >= 15 is 0 Å². The normalized spacial score (nSPS) is 23.3. The standard InChI is InChI=1S/C24H26FN3O2/c1-16(29)21-15-27(24-20(21)4-2-11-26-24)12-3-13-28-18-7-10-22(28)23(14-18)30-19-8-5-17(25)6-9-19/h2,4-6,8-9,11,15,18,22-23H,3,7,10,12-14H2,1H3. The van der Waals surface area contributed by atoms with E-state index in [0.717, 1.165) is 54.7 Å². The number of carbonyl (C=O) groups excluding carboxylic acids is 1. The molecule has 0 N–H and O–H groups in total. The first-order valence-electron chi connectivity index (χ1n) is 10.7. The molecular formula is C24H26FN3O2. The van der Waals surface area contributed by atoms with Crippen LogP contribution in [0, 0.1) is 5.82 Å². The smallest absolute Gasteiger partial charge is 0.162 e. The molecule has 3 unspecified atom stereocenters. The van der Waals surface area contributed by atoms with Crippen molar-refractivity contribution in [2.24, 2.45) is 0 Å². The number of fused-ring (bicyclic) bond motifs is 3. The number of rotatable bonds is 7. The lowest BCUT2D eigenvalue weighted by Crippen LogP contribution is -2.36. The predicted molar refractivity (Wildman–Crippen MR) is 113 cm³/mol. The largest absolute Gasteiger partial charge is 0.489 e. The van der Waals surface area contributed by atoms with Crippen molar-refractivity contribution in [3.8, 4) is 5.75 Å². The van der Waals surface area contributed by atoms with E-state index in [1.54, 1.807) is 25.3 Å². The molecule has 156 valence electrons. The highest BCUT2D eigenvalue weighted by Crippen LogP contribution is 2.39. The lowest BCUT2D eigenvalue weighted by Gasteiger charge is -2.25. The van der Waals surface area contributed by atoms with Crippen LogP contribution in [0.4, 0.5) is 4.39 Å². The molecule has 5 rings (SSSR count). The molecule has 2 saturated heterocycles. The van der Waals surface area contributed by atoms with E-state index in [4.69, 9.17) is 4.74 Å². The molecule has 30 heavy (non-hydrogen) atoms. The topological polar surface area (TPSA) is 47.4 Å². The summed E-state index contributed by atoms with van der Waals surface area (Å²) < 4.78 is 21.4. The van der Waals surface area contributed by atoms with Gasteiger partial charge in [0.1, 0.15) is 23.3 Å². The lowest BCUT2D eigenvalue weighted by molar-refractivity contribution is 0.101. The van der Waals surface area contributed by atoms with Crippen LogP contribution in [0.25, 0.3) is 11.0 Å². The Kier molecular flexibility index (Phi) is 5.03. The summed E-state index contributed by atoms with van der Waals surface area (Å²) in [5, 5.41) is 0.930. The Balaban J connectivity index is 1.23. The molecule has 2 bridgehead atoms. The fraction of sp³-hybridized carbons (Fsp3) is 0.417. The van der Waals surface area contributed by atoms with Gasteiger partial charge in [-0.1, -0.05) is 0 Å². The zero-order valence-corrected chi connectivity index (χ0v) is 17.1. The highest BCUT2D eigenvalue weighted by molar-refractivity contribution is 6.06. The van der Waals surface area contributed by atoms with Crippen LogP contribution in [-0.2, 0) is 6.54 Å². The number of ketones is 1. The van der Waals surface area contributed by atoms with Gasteiger partial charge in [0.25, 0.3) is 0 Å². The number of benzene rings is 1. The summed E-state index contributed by atoms with van der Waals surface area (Å²) in [6.07, 6.45) is 8.29. The zero-order valence-electron chi connectivity index (χ0n) is 17.1. The second kappa shape index (κ2) is 7.84. The van der Waals surface area contributed by atoms with Crippen LogP contribution >= 0.6 is 0 Å². The van der Waals surface area contributed by atoms with Gasteiger partial charge in [-0.15, -0.1) is 0 Å². The molecule has 2 aromatic heterocycles. The van der Waals surface area contributed by atoms with E-state index in [-0.39, 0.29) is 17.7 Å². The minimum Gasteiger partial charge on any atom is -0.489 e. The third-order valence-electron chi connectivity index (χ3n) is 6.55. The Morgan fingerprint density at radius 2 is 2.03 bits per heavy atom. The number of aromatic nitrogens is 2. The number of pyridine rings is 1. The maximum Gasteiger partial charge on any atom is 0.162 e. The van der Waals surface area contributed by atoms with Crippen molar-refractivity contribution < 1.29 is 13.9 Å². The van der Waals surface area contributed by atoms with E-state index in [1.165, 1.54) is 18.6 Å². The summed E-state index contributed by atoms with van der Waals surface area (Å²) >= 11 is 0. The summed E-state index contributed by atoms with van der Waals surface area (Å²) in [5.74, 6) is 0.581. The maximum atomic E-state index is 13.1. The Morgan fingerprint density at radius 1 is 1.20 bits per heavy atom. The molecule has 3 atom stereocenters. The van der Waals surface area contributed by atoms with Crippen molar-refractivity contribution in [3.05, 3.63) is 60.2 Å². The van der Waals surface area contributed by atoms with E-state index in [0.29, 0.717) is 12.1 Å². The van der Waals surface area contributed by atoms with Gasteiger partial charge in [-0.3, -0.25) is 9.69 Å². The maximum absolute atomic E-state index is 13.1. The molecule has 2 aliphatic rings. The van der Waals surface area contributed by atoms with E-state index in [9.17, 15) is 9.18 Å². The minimum atomic E-state index is -0.239. The van der Waals surface area contributed by atoms with Crippen molar-refractivity contribution in [3.63, 3.8) is 0 Å². The first kappa shape index (κ1) is 19.2. The van der Waals surface area contributed by atoms with Gasteiger partial charge in [-0.2, -0.15) is 0 Å². The minimum absolute atomic E-state index is 0.0742. The van der Waals surface area contributed by atoms with Gasteiger partial charge < -0.3 is 9.30 Å². The van der Waals surface area contributed by atoms with Gasteiger partial charge in [0.15, 0.2) is 5.78 Å². The number of hydrogen-bond donors (Lipinski definition) is 0. The van der Waals surface area contributed by atoms with Crippen LogP contribution in [-0.4, -0.2) is 45.0 Å². The number of carbonyl (C=O) groups is 1. The Hall–Kier alpha value is -2.73. The number of hydrogen-bond acceptors (Lipinski definition) is 4. The summed E-state index contributed by atoms with van der Waals surface area (Å²) in [6.45, 7) is 3.44. The molecule has 4 heterocycles. The molecule has 6 heteroatoms. The third kappa shape index (κ3) is 3.49. The van der Waals surface area contributed by atoms with Gasteiger partial charge in [-0.05, 0) is 62.6 Å². The molecule has 2 fully saturated rings. The lowest BCUT2D eigenvalue weighted by atomic mass is 9.98. The fourth-order valence-electron chi connectivity index (χ4n) is 5.20. The molecule has 1 aromatic carbocycles. The average molecular weight is 407 g/mol. The van der Waals surface area contributed by atoms with E-state index in [1.807, 2.05) is 18.3 Å². The van der Waals surface area contributed by atoms with Crippen LogP contribution in [0.5, 0.6) is 5.75 Å². The van der Waals surface area contributed by atoms with Crippen LogP contribution in [0.2, 0.25) is 0 Å². The number of nitrogens with zero attached hydrogens (tertiary/aromatic N) is 3. The molecule has 0 saturated carbocycles. The van der Waals surface area contributed by atoms with Crippen molar-refractivity contribution in [2.75, 3.05) is 6.54 Å². The number of ether oxygens (including phenoxy) is 1. The first-order chi connectivity index (χ1) is 14.6. The fourth-order valence-corrected chi connectivity index (χ4v) is 5.20. The second-order valence-electron chi connectivity index (χ2n) is 8.40. The van der Waals surface area contributed by atoms with Gasteiger partial charge in [0.2, 0.25) is 0 Å². The van der Waals surface area contributed by atoms with Gasteiger partial charge in [0, 0.05) is 54.9 Å². The third-order valence-corrected chi connectivity index (χ3v) is 6.55. The van der Waals surface area contributed by atoms with Crippen LogP contribution in [0.3, 0.4) is 0 Å². The predicted octanol–water partition coefficient (Wildman–Crippen LogP) is 4.45. The molecule has 0 radical (unpaired) electrons. The molecular weight excluding hydrogens is 381 g/mol.